The number of hydrogen-bond acceptors (Lipinski definition) is 3. The van der Waals surface area contributed by atoms with Crippen molar-refractivity contribution in [1.29, 1.82) is 0 Å². The molecule has 0 aliphatic carbocycles. The van der Waals surface area contributed by atoms with Crippen molar-refractivity contribution >= 4 is 24.6 Å². The first kappa shape index (κ1) is 6.52. The van der Waals surface area contributed by atoms with Gasteiger partial charge in [0.25, 0.3) is 0 Å². The van der Waals surface area contributed by atoms with E-state index in [1.807, 2.05) is 0 Å². The molecule has 0 N–H and O–H groups in total. The minimum absolute atomic E-state index is 0.545. The fourth-order valence-corrected chi connectivity index (χ4v) is 1.82. The highest BCUT2D eigenvalue weighted by Gasteiger charge is 2.13. The van der Waals surface area contributed by atoms with Crippen LogP contribution < -0.4 is 0 Å². The van der Waals surface area contributed by atoms with E-state index in [1.54, 1.807) is 11.9 Å². The van der Waals surface area contributed by atoms with Crippen LogP contribution in [0, 0.1) is 0 Å². The van der Waals surface area contributed by atoms with Gasteiger partial charge in [-0.3, -0.25) is 0 Å². The summed E-state index contributed by atoms with van der Waals surface area (Å²) in [5, 5.41) is 2.10. The Morgan fingerprint density at radius 3 is 2.88 bits per heavy atom. The van der Waals surface area contributed by atoms with E-state index >= 15 is 0 Å². The van der Waals surface area contributed by atoms with E-state index in [0.29, 0.717) is 6.04 Å². The van der Waals surface area contributed by atoms with E-state index in [9.17, 15) is 0 Å². The Morgan fingerprint density at radius 1 is 1.88 bits per heavy atom. The topological polar surface area (TPSA) is 3.24 Å². The average Bonchev–Trinajstić information content (AvgIpc) is 2.14. The van der Waals surface area contributed by atoms with Crippen LogP contribution in [0.2, 0.25) is 0 Å². The van der Waals surface area contributed by atoms with Gasteiger partial charge in [-0.15, -0.1) is 0 Å². The van der Waals surface area contributed by atoms with E-state index in [-0.39, 0.29) is 0 Å². The highest BCUT2D eigenvalue weighted by Crippen LogP contribution is 2.21. The Bertz CT molecular complexity index is 103. The summed E-state index contributed by atoms with van der Waals surface area (Å²) < 4.78 is 2.19. The molecule has 8 heavy (non-hydrogen) atoms. The van der Waals surface area contributed by atoms with E-state index in [2.05, 4.69) is 35.5 Å². The maximum Gasteiger partial charge on any atom is 0.0479 e. The third kappa shape index (κ3) is 1.21. The first-order chi connectivity index (χ1) is 3.84. The molecule has 1 nitrogen and oxygen atoms in total. The minimum Gasteiger partial charge on any atom is -0.242 e. The molecule has 0 saturated heterocycles. The Morgan fingerprint density at radius 2 is 2.62 bits per heavy atom. The molecular weight excluding hydrogens is 138 g/mol. The van der Waals surface area contributed by atoms with Crippen molar-refractivity contribution in [3.05, 3.63) is 11.5 Å². The van der Waals surface area contributed by atoms with Crippen LogP contribution in [0.3, 0.4) is 0 Å². The molecule has 0 saturated carbocycles. The van der Waals surface area contributed by atoms with E-state index < -0.39 is 0 Å². The summed E-state index contributed by atoms with van der Waals surface area (Å²) in [7, 11) is 2.07. The smallest absolute Gasteiger partial charge is 0.0479 e. The molecule has 1 unspecified atom stereocenters. The van der Waals surface area contributed by atoms with Crippen LogP contribution in [0.5, 0.6) is 0 Å². The van der Waals surface area contributed by atoms with Gasteiger partial charge in [-0.1, -0.05) is 18.0 Å². The van der Waals surface area contributed by atoms with Crippen LogP contribution in [0.1, 0.15) is 0 Å². The lowest BCUT2D eigenvalue weighted by Crippen LogP contribution is -2.20. The fraction of sp³-hybridized carbons (Fsp3) is 0.600. The Labute approximate surface area is 59.7 Å². The standard InChI is InChI=1S/C5H9NS2/c1-6-5(4-7)2-3-8-6/h2-3,5,7H,4H2,1H3. The van der Waals surface area contributed by atoms with Crippen LogP contribution in [-0.2, 0) is 0 Å². The lowest BCUT2D eigenvalue weighted by atomic mass is 10.3. The second kappa shape index (κ2) is 2.80. The van der Waals surface area contributed by atoms with Crippen molar-refractivity contribution in [3.63, 3.8) is 0 Å². The molecule has 0 amide bonds. The second-order valence-corrected chi connectivity index (χ2v) is 3.15. The molecule has 0 radical (unpaired) electrons. The number of rotatable bonds is 1. The van der Waals surface area contributed by atoms with Gasteiger partial charge >= 0.3 is 0 Å². The summed E-state index contributed by atoms with van der Waals surface area (Å²) in [6.07, 6.45) is 2.16. The quantitative estimate of drug-likeness (QED) is 0.441. The summed E-state index contributed by atoms with van der Waals surface area (Å²) in [4.78, 5) is 0. The maximum atomic E-state index is 4.17. The summed E-state index contributed by atoms with van der Waals surface area (Å²) >= 11 is 5.90. The van der Waals surface area contributed by atoms with Gasteiger partial charge in [0, 0.05) is 11.8 Å². The molecule has 1 heterocycles. The highest BCUT2D eigenvalue weighted by atomic mass is 32.2. The molecule has 0 bridgehead atoms. The molecule has 0 spiro atoms. The molecule has 1 aliphatic rings. The van der Waals surface area contributed by atoms with Crippen LogP contribution >= 0.6 is 24.6 Å². The van der Waals surface area contributed by atoms with Gasteiger partial charge in [-0.2, -0.15) is 12.6 Å². The second-order valence-electron chi connectivity index (χ2n) is 1.73. The van der Waals surface area contributed by atoms with Crippen molar-refractivity contribution in [2.24, 2.45) is 0 Å². The zero-order valence-corrected chi connectivity index (χ0v) is 6.45. The first-order valence-electron chi connectivity index (χ1n) is 2.51. The van der Waals surface area contributed by atoms with Gasteiger partial charge in [-0.05, 0) is 12.5 Å². The van der Waals surface area contributed by atoms with Crippen molar-refractivity contribution in [3.8, 4) is 0 Å². The summed E-state index contributed by atoms with van der Waals surface area (Å²) in [5.74, 6) is 0.917. The fourth-order valence-electron chi connectivity index (χ4n) is 0.597. The molecule has 0 aromatic heterocycles. The van der Waals surface area contributed by atoms with Crippen molar-refractivity contribution < 1.29 is 0 Å². The van der Waals surface area contributed by atoms with Crippen LogP contribution in [0.4, 0.5) is 0 Å². The van der Waals surface area contributed by atoms with Gasteiger partial charge < -0.3 is 0 Å². The predicted molar refractivity (Wildman–Crippen MR) is 42.1 cm³/mol. The molecular formula is C5H9NS2. The normalized spacial score (nSPS) is 29.5. The predicted octanol–water partition coefficient (Wildman–Crippen LogP) is 1.39. The molecule has 1 rings (SSSR count). The zero-order chi connectivity index (χ0) is 5.98. The Hall–Kier alpha value is 0.400. The van der Waals surface area contributed by atoms with Gasteiger partial charge in [0.1, 0.15) is 0 Å². The van der Waals surface area contributed by atoms with Gasteiger partial charge in [0.05, 0.1) is 0 Å². The van der Waals surface area contributed by atoms with E-state index in [4.69, 9.17) is 0 Å². The molecule has 0 fully saturated rings. The van der Waals surface area contributed by atoms with E-state index in [0.717, 1.165) is 5.75 Å². The molecule has 1 aliphatic heterocycles. The van der Waals surface area contributed by atoms with Crippen molar-refractivity contribution in [2.45, 2.75) is 6.04 Å². The third-order valence-corrected chi connectivity index (χ3v) is 2.44. The van der Waals surface area contributed by atoms with Gasteiger partial charge in [0.2, 0.25) is 0 Å². The van der Waals surface area contributed by atoms with Crippen molar-refractivity contribution in [1.82, 2.24) is 4.31 Å². The number of nitrogens with zero attached hydrogens (tertiary/aromatic N) is 1. The van der Waals surface area contributed by atoms with Gasteiger partial charge in [-0.25, -0.2) is 4.31 Å². The minimum atomic E-state index is 0.545. The summed E-state index contributed by atoms with van der Waals surface area (Å²) in [6, 6.07) is 0.545. The zero-order valence-electron chi connectivity index (χ0n) is 4.74. The monoisotopic (exact) mass is 147 g/mol. The molecule has 1 atom stereocenters. The Balaban J connectivity index is 2.41. The number of likely N-dealkylation sites (N-methyl/N-ethyl adjacent to an activating group) is 1. The Kier molecular flexibility index (Phi) is 2.28. The SMILES string of the molecule is CN1SC=CC1CS. The van der Waals surface area contributed by atoms with E-state index in [1.165, 1.54) is 0 Å². The molecule has 46 valence electrons. The molecule has 0 aromatic rings. The number of hydrogen-bond donors (Lipinski definition) is 1. The van der Waals surface area contributed by atoms with Crippen LogP contribution in [0.15, 0.2) is 11.5 Å². The largest absolute Gasteiger partial charge is 0.242 e. The lowest BCUT2D eigenvalue weighted by Gasteiger charge is -2.13. The van der Waals surface area contributed by atoms with Crippen LogP contribution in [-0.4, -0.2) is 23.1 Å². The maximum absolute atomic E-state index is 4.17. The highest BCUT2D eigenvalue weighted by molar-refractivity contribution is 8.00. The molecule has 0 aromatic carbocycles. The van der Waals surface area contributed by atoms with Crippen molar-refractivity contribution in [2.75, 3.05) is 12.8 Å². The molecule has 3 heteroatoms. The summed E-state index contributed by atoms with van der Waals surface area (Å²) in [6.45, 7) is 0. The third-order valence-electron chi connectivity index (χ3n) is 1.18. The number of thiol groups is 1. The lowest BCUT2D eigenvalue weighted by molar-refractivity contribution is 0.528. The first-order valence-corrected chi connectivity index (χ1v) is 3.98. The summed E-state index contributed by atoms with van der Waals surface area (Å²) in [5.41, 5.74) is 0. The van der Waals surface area contributed by atoms with Crippen LogP contribution in [0.25, 0.3) is 0 Å². The average molecular weight is 147 g/mol. The van der Waals surface area contributed by atoms with Gasteiger partial charge in [0.15, 0.2) is 0 Å².